The van der Waals surface area contributed by atoms with E-state index >= 15 is 0 Å². The molecule has 0 aliphatic heterocycles. The monoisotopic (exact) mass is 215 g/mol. The van der Waals surface area contributed by atoms with Gasteiger partial charge in [0, 0.05) is 13.2 Å². The fraction of sp³-hybridized carbons (Fsp3) is 0.556. The molecule has 0 aromatic carbocycles. The van der Waals surface area contributed by atoms with Gasteiger partial charge in [0.25, 0.3) is 0 Å². The topological polar surface area (TPSA) is 81.8 Å². The zero-order valence-electron chi connectivity index (χ0n) is 8.60. The smallest absolute Gasteiger partial charge is 0.332 e. The number of hydrogen-bond donors (Lipinski definition) is 1. The zero-order chi connectivity index (χ0) is 11.3. The zero-order valence-corrected chi connectivity index (χ0v) is 8.60. The number of carboxylic acids is 1. The molecule has 6 nitrogen and oxygen atoms in total. The van der Waals surface area contributed by atoms with Gasteiger partial charge in [-0.25, -0.2) is 4.79 Å². The van der Waals surface area contributed by atoms with E-state index in [1.54, 1.807) is 13.2 Å². The third-order valence-electron chi connectivity index (χ3n) is 1.72. The highest BCUT2D eigenvalue weighted by Gasteiger charge is 2.12. The Labute approximate surface area is 86.8 Å². The van der Waals surface area contributed by atoms with Crippen LogP contribution in [0.25, 0.3) is 0 Å². The fourth-order valence-electron chi connectivity index (χ4n) is 0.916. The second kappa shape index (κ2) is 5.47. The minimum atomic E-state index is -1.00. The summed E-state index contributed by atoms with van der Waals surface area (Å²) >= 11 is 0. The molecule has 1 aromatic heterocycles. The first-order valence-electron chi connectivity index (χ1n) is 4.41. The van der Waals surface area contributed by atoms with Crippen molar-refractivity contribution < 1.29 is 23.9 Å². The molecule has 0 spiro atoms. The van der Waals surface area contributed by atoms with Gasteiger partial charge in [-0.05, 0) is 6.92 Å². The number of carbonyl (C=O) groups is 1. The lowest BCUT2D eigenvalue weighted by molar-refractivity contribution is -0.149. The highest BCUT2D eigenvalue weighted by Crippen LogP contribution is 2.07. The molecule has 0 aliphatic rings. The first-order chi connectivity index (χ1) is 7.13. The Hall–Kier alpha value is -1.40. The van der Waals surface area contributed by atoms with Gasteiger partial charge in [0.1, 0.15) is 12.3 Å². The Morgan fingerprint density at radius 3 is 3.00 bits per heavy atom. The van der Waals surface area contributed by atoms with E-state index in [0.717, 1.165) is 0 Å². The van der Waals surface area contributed by atoms with Crippen molar-refractivity contribution in [1.29, 1.82) is 0 Å². The highest BCUT2D eigenvalue weighted by atomic mass is 16.5. The molecule has 0 saturated heterocycles. The summed E-state index contributed by atoms with van der Waals surface area (Å²) in [5.74, 6) is -0.422. The van der Waals surface area contributed by atoms with Crippen LogP contribution in [-0.2, 0) is 27.5 Å². The van der Waals surface area contributed by atoms with Crippen molar-refractivity contribution in [2.75, 3.05) is 7.11 Å². The van der Waals surface area contributed by atoms with Crippen LogP contribution in [-0.4, -0.2) is 29.4 Å². The van der Waals surface area contributed by atoms with Gasteiger partial charge in [-0.1, -0.05) is 5.16 Å². The average Bonchev–Trinajstić information content (AvgIpc) is 2.62. The lowest BCUT2D eigenvalue weighted by Gasteiger charge is -2.05. The van der Waals surface area contributed by atoms with Crippen LogP contribution < -0.4 is 0 Å². The molecule has 0 amide bonds. The number of nitrogens with zero attached hydrogens (tertiary/aromatic N) is 1. The average molecular weight is 215 g/mol. The van der Waals surface area contributed by atoms with Gasteiger partial charge in [-0.15, -0.1) is 0 Å². The normalized spacial score (nSPS) is 12.7. The fourth-order valence-corrected chi connectivity index (χ4v) is 0.916. The number of ether oxygens (including phenoxy) is 2. The molecule has 1 rings (SSSR count). The second-order valence-electron chi connectivity index (χ2n) is 3.01. The summed E-state index contributed by atoms with van der Waals surface area (Å²) in [5.41, 5.74) is 0.551. The third kappa shape index (κ3) is 3.69. The van der Waals surface area contributed by atoms with Crippen LogP contribution in [0, 0.1) is 0 Å². The lowest BCUT2D eigenvalue weighted by Crippen LogP contribution is -2.19. The molecular weight excluding hydrogens is 202 g/mol. The Balaban J connectivity index is 2.40. The van der Waals surface area contributed by atoms with E-state index in [-0.39, 0.29) is 6.61 Å². The maximum Gasteiger partial charge on any atom is 0.332 e. The van der Waals surface area contributed by atoms with Gasteiger partial charge in [0.2, 0.25) is 0 Å². The summed E-state index contributed by atoms with van der Waals surface area (Å²) in [7, 11) is 1.55. The predicted molar refractivity (Wildman–Crippen MR) is 49.1 cm³/mol. The molecule has 0 aliphatic carbocycles. The van der Waals surface area contributed by atoms with Crippen molar-refractivity contribution in [3.8, 4) is 0 Å². The molecule has 0 bridgehead atoms. The molecule has 0 radical (unpaired) electrons. The molecule has 15 heavy (non-hydrogen) atoms. The van der Waals surface area contributed by atoms with E-state index in [0.29, 0.717) is 18.1 Å². The predicted octanol–water partition coefficient (Wildman–Crippen LogP) is 0.811. The van der Waals surface area contributed by atoms with E-state index in [9.17, 15) is 4.79 Å². The van der Waals surface area contributed by atoms with E-state index in [1.165, 1.54) is 6.92 Å². The Morgan fingerprint density at radius 2 is 2.40 bits per heavy atom. The van der Waals surface area contributed by atoms with Gasteiger partial charge in [-0.2, -0.15) is 0 Å². The third-order valence-corrected chi connectivity index (χ3v) is 1.72. The molecule has 84 valence electrons. The number of methoxy groups -OCH3 is 1. The summed E-state index contributed by atoms with van der Waals surface area (Å²) in [6, 6.07) is 1.66. The van der Waals surface area contributed by atoms with Crippen LogP contribution in [0.15, 0.2) is 10.6 Å². The Bertz CT molecular complexity index is 322. The van der Waals surface area contributed by atoms with Crippen LogP contribution in [0.1, 0.15) is 18.4 Å². The van der Waals surface area contributed by atoms with Crippen molar-refractivity contribution in [2.45, 2.75) is 26.2 Å². The Kier molecular flexibility index (Phi) is 4.26. The molecule has 6 heteroatoms. The Morgan fingerprint density at radius 1 is 1.67 bits per heavy atom. The van der Waals surface area contributed by atoms with Crippen molar-refractivity contribution >= 4 is 5.97 Å². The molecular formula is C9H13NO5. The van der Waals surface area contributed by atoms with Gasteiger partial charge in [0.05, 0.1) is 6.61 Å². The van der Waals surface area contributed by atoms with Crippen LogP contribution in [0.4, 0.5) is 0 Å². The standard InChI is InChI=1S/C9H13NO5/c1-6(9(11)12)14-4-7-3-8(5-13-2)15-10-7/h3,6H,4-5H2,1-2H3,(H,11,12)/t6-/m0/s1. The SMILES string of the molecule is COCc1cc(CO[C@@H](C)C(=O)O)no1. The van der Waals surface area contributed by atoms with Crippen molar-refractivity contribution in [2.24, 2.45) is 0 Å². The second-order valence-corrected chi connectivity index (χ2v) is 3.01. The van der Waals surface area contributed by atoms with Crippen LogP contribution >= 0.6 is 0 Å². The molecule has 0 unspecified atom stereocenters. The maximum absolute atomic E-state index is 10.4. The summed E-state index contributed by atoms with van der Waals surface area (Å²) < 4.78 is 14.7. The maximum atomic E-state index is 10.4. The summed E-state index contributed by atoms with van der Waals surface area (Å²) in [4.78, 5) is 10.4. The van der Waals surface area contributed by atoms with Crippen LogP contribution in [0.2, 0.25) is 0 Å². The van der Waals surface area contributed by atoms with E-state index in [4.69, 9.17) is 19.1 Å². The van der Waals surface area contributed by atoms with Crippen LogP contribution in [0.5, 0.6) is 0 Å². The number of carboxylic acid groups (broad SMARTS) is 1. The number of aromatic nitrogens is 1. The van der Waals surface area contributed by atoms with E-state index < -0.39 is 12.1 Å². The molecule has 1 aromatic rings. The number of hydrogen-bond acceptors (Lipinski definition) is 5. The first kappa shape index (κ1) is 11.7. The van der Waals surface area contributed by atoms with Gasteiger partial charge < -0.3 is 19.1 Å². The van der Waals surface area contributed by atoms with Crippen molar-refractivity contribution in [1.82, 2.24) is 5.16 Å². The summed E-state index contributed by atoms with van der Waals surface area (Å²) in [6.45, 7) is 1.90. The number of aliphatic carboxylic acids is 1. The largest absolute Gasteiger partial charge is 0.479 e. The molecule has 1 N–H and O–H groups in total. The van der Waals surface area contributed by atoms with Gasteiger partial charge in [0.15, 0.2) is 11.9 Å². The number of rotatable bonds is 6. The van der Waals surface area contributed by atoms with Crippen molar-refractivity contribution in [3.05, 3.63) is 17.5 Å². The van der Waals surface area contributed by atoms with Gasteiger partial charge in [-0.3, -0.25) is 0 Å². The minimum absolute atomic E-state index is 0.112. The quantitative estimate of drug-likeness (QED) is 0.756. The van der Waals surface area contributed by atoms with Gasteiger partial charge >= 0.3 is 5.97 Å². The molecule has 0 fully saturated rings. The van der Waals surface area contributed by atoms with Crippen molar-refractivity contribution in [3.63, 3.8) is 0 Å². The highest BCUT2D eigenvalue weighted by molar-refractivity contribution is 5.71. The molecule has 0 saturated carbocycles. The van der Waals surface area contributed by atoms with Crippen LogP contribution in [0.3, 0.4) is 0 Å². The lowest BCUT2D eigenvalue weighted by atomic mass is 10.3. The van der Waals surface area contributed by atoms with E-state index in [2.05, 4.69) is 5.16 Å². The summed E-state index contributed by atoms with van der Waals surface area (Å²) in [5, 5.41) is 12.3. The molecule has 1 heterocycles. The molecule has 1 atom stereocenters. The summed E-state index contributed by atoms with van der Waals surface area (Å²) in [6.07, 6.45) is -0.854. The first-order valence-corrected chi connectivity index (χ1v) is 4.41. The van der Waals surface area contributed by atoms with E-state index in [1.807, 2.05) is 0 Å². The minimum Gasteiger partial charge on any atom is -0.479 e.